The monoisotopic (exact) mass is 477 g/mol. The number of hydrogen-bond acceptors (Lipinski definition) is 4. The average molecular weight is 478 g/mol. The van der Waals surface area contributed by atoms with Crippen molar-refractivity contribution in [1.29, 1.82) is 0 Å². The zero-order valence-corrected chi connectivity index (χ0v) is 20.1. The predicted octanol–water partition coefficient (Wildman–Crippen LogP) is 4.56. The standard InChI is InChI=1S/C26H27N3O4S/c1-16-5-13-23(14-18(16)3)34(32,33)29-22-9-7-19(8-10-22)25(30)28-24-15-20(6-4-17(24)2)26(31)27-21-11-12-21/h4-10,13-15,21,29H,11-12H2,1-3H3,(H,27,31)(H,28,30). The number of carbonyl (C=O) groups excluding carboxylic acids is 2. The normalized spacial score (nSPS) is 13.3. The van der Waals surface area contributed by atoms with E-state index in [2.05, 4.69) is 15.4 Å². The van der Waals surface area contributed by atoms with E-state index in [4.69, 9.17) is 0 Å². The van der Waals surface area contributed by atoms with E-state index < -0.39 is 10.0 Å². The molecule has 1 fully saturated rings. The highest BCUT2D eigenvalue weighted by atomic mass is 32.2. The molecular formula is C26H27N3O4S. The number of rotatable bonds is 7. The van der Waals surface area contributed by atoms with Gasteiger partial charge < -0.3 is 10.6 Å². The molecule has 2 amide bonds. The van der Waals surface area contributed by atoms with Crippen LogP contribution in [0.4, 0.5) is 11.4 Å². The summed E-state index contributed by atoms with van der Waals surface area (Å²) in [5.74, 6) is -0.509. The van der Waals surface area contributed by atoms with Gasteiger partial charge in [-0.2, -0.15) is 0 Å². The lowest BCUT2D eigenvalue weighted by molar-refractivity contribution is 0.0949. The van der Waals surface area contributed by atoms with E-state index in [-0.39, 0.29) is 22.8 Å². The van der Waals surface area contributed by atoms with E-state index in [1.807, 2.05) is 20.8 Å². The Hall–Kier alpha value is -3.65. The van der Waals surface area contributed by atoms with Crippen LogP contribution >= 0.6 is 0 Å². The van der Waals surface area contributed by atoms with Crippen LogP contribution in [0.25, 0.3) is 0 Å². The molecule has 1 aliphatic carbocycles. The molecule has 8 heteroatoms. The Balaban J connectivity index is 1.45. The second kappa shape index (κ2) is 9.30. The number of nitrogens with one attached hydrogen (secondary N) is 3. The SMILES string of the molecule is Cc1ccc(S(=O)(=O)Nc2ccc(C(=O)Nc3cc(C(=O)NC4CC4)ccc3C)cc2)cc1C. The molecule has 1 aliphatic rings. The van der Waals surface area contributed by atoms with Gasteiger partial charge in [0, 0.05) is 28.5 Å². The molecule has 0 aliphatic heterocycles. The van der Waals surface area contributed by atoms with Gasteiger partial charge >= 0.3 is 0 Å². The van der Waals surface area contributed by atoms with Crippen LogP contribution in [-0.2, 0) is 10.0 Å². The quantitative estimate of drug-likeness (QED) is 0.464. The van der Waals surface area contributed by atoms with Gasteiger partial charge in [-0.15, -0.1) is 0 Å². The smallest absolute Gasteiger partial charge is 0.261 e. The molecule has 34 heavy (non-hydrogen) atoms. The number of aryl methyl sites for hydroxylation is 3. The van der Waals surface area contributed by atoms with Crippen LogP contribution in [0, 0.1) is 20.8 Å². The maximum atomic E-state index is 12.8. The number of sulfonamides is 1. The molecule has 0 spiro atoms. The van der Waals surface area contributed by atoms with Crippen molar-refractivity contribution in [3.8, 4) is 0 Å². The molecule has 3 N–H and O–H groups in total. The summed E-state index contributed by atoms with van der Waals surface area (Å²) in [4.78, 5) is 25.3. The van der Waals surface area contributed by atoms with Gasteiger partial charge in [0.05, 0.1) is 4.90 Å². The van der Waals surface area contributed by atoms with Gasteiger partial charge in [-0.25, -0.2) is 8.42 Å². The highest BCUT2D eigenvalue weighted by molar-refractivity contribution is 7.92. The van der Waals surface area contributed by atoms with Crippen molar-refractivity contribution in [3.05, 3.63) is 88.5 Å². The van der Waals surface area contributed by atoms with Gasteiger partial charge in [-0.1, -0.05) is 12.1 Å². The van der Waals surface area contributed by atoms with Crippen LogP contribution in [0.1, 0.15) is 50.2 Å². The van der Waals surface area contributed by atoms with E-state index in [1.54, 1.807) is 60.7 Å². The van der Waals surface area contributed by atoms with Crippen molar-refractivity contribution in [2.75, 3.05) is 10.0 Å². The summed E-state index contributed by atoms with van der Waals surface area (Å²) >= 11 is 0. The molecular weight excluding hydrogens is 450 g/mol. The van der Waals surface area contributed by atoms with Crippen LogP contribution in [-0.4, -0.2) is 26.3 Å². The molecule has 0 unspecified atom stereocenters. The fraction of sp³-hybridized carbons (Fsp3) is 0.231. The summed E-state index contributed by atoms with van der Waals surface area (Å²) in [6.45, 7) is 5.63. The number of anilines is 2. The van der Waals surface area contributed by atoms with E-state index in [0.717, 1.165) is 29.5 Å². The Kier molecular flexibility index (Phi) is 6.43. The Morgan fingerprint density at radius 3 is 2.06 bits per heavy atom. The summed E-state index contributed by atoms with van der Waals surface area (Å²) < 4.78 is 27.9. The topological polar surface area (TPSA) is 104 Å². The van der Waals surface area contributed by atoms with Crippen molar-refractivity contribution < 1.29 is 18.0 Å². The molecule has 0 atom stereocenters. The minimum absolute atomic E-state index is 0.154. The van der Waals surface area contributed by atoms with Gasteiger partial charge in [0.25, 0.3) is 21.8 Å². The van der Waals surface area contributed by atoms with Crippen LogP contribution in [0.5, 0.6) is 0 Å². The minimum atomic E-state index is -3.75. The first kappa shape index (κ1) is 23.5. The number of hydrogen-bond donors (Lipinski definition) is 3. The summed E-state index contributed by atoms with van der Waals surface area (Å²) in [5.41, 5.74) is 4.48. The summed E-state index contributed by atoms with van der Waals surface area (Å²) in [7, 11) is -3.75. The maximum Gasteiger partial charge on any atom is 0.261 e. The third kappa shape index (κ3) is 5.46. The van der Waals surface area contributed by atoms with Gasteiger partial charge in [-0.3, -0.25) is 14.3 Å². The van der Waals surface area contributed by atoms with Crippen LogP contribution in [0.2, 0.25) is 0 Å². The molecule has 0 bridgehead atoms. The first-order valence-corrected chi connectivity index (χ1v) is 12.5. The third-order valence-corrected chi connectivity index (χ3v) is 7.23. The molecule has 176 valence electrons. The van der Waals surface area contributed by atoms with Crippen molar-refractivity contribution in [1.82, 2.24) is 5.32 Å². The lowest BCUT2D eigenvalue weighted by Gasteiger charge is -2.12. The highest BCUT2D eigenvalue weighted by Crippen LogP contribution is 2.23. The molecule has 0 heterocycles. The molecule has 1 saturated carbocycles. The van der Waals surface area contributed by atoms with Gasteiger partial charge in [0.1, 0.15) is 0 Å². The number of amides is 2. The largest absolute Gasteiger partial charge is 0.349 e. The van der Waals surface area contributed by atoms with Gasteiger partial charge in [-0.05, 0) is 98.8 Å². The van der Waals surface area contributed by atoms with Gasteiger partial charge in [0.15, 0.2) is 0 Å². The van der Waals surface area contributed by atoms with Crippen LogP contribution in [0.3, 0.4) is 0 Å². The van der Waals surface area contributed by atoms with E-state index in [1.165, 1.54) is 0 Å². The second-order valence-corrected chi connectivity index (χ2v) is 10.3. The number of benzene rings is 3. The Morgan fingerprint density at radius 2 is 1.41 bits per heavy atom. The zero-order chi connectivity index (χ0) is 24.5. The highest BCUT2D eigenvalue weighted by Gasteiger charge is 2.24. The fourth-order valence-electron chi connectivity index (χ4n) is 3.37. The molecule has 0 radical (unpaired) electrons. The minimum Gasteiger partial charge on any atom is -0.349 e. The molecule has 0 aromatic heterocycles. The summed E-state index contributed by atoms with van der Waals surface area (Å²) in [5, 5.41) is 5.77. The van der Waals surface area contributed by atoms with Crippen molar-refractivity contribution >= 4 is 33.2 Å². The van der Waals surface area contributed by atoms with Crippen molar-refractivity contribution in [2.24, 2.45) is 0 Å². The molecule has 7 nitrogen and oxygen atoms in total. The zero-order valence-electron chi connectivity index (χ0n) is 19.3. The maximum absolute atomic E-state index is 12.8. The first-order chi connectivity index (χ1) is 16.1. The first-order valence-electron chi connectivity index (χ1n) is 11.1. The predicted molar refractivity (Wildman–Crippen MR) is 133 cm³/mol. The van der Waals surface area contributed by atoms with Crippen molar-refractivity contribution in [3.63, 3.8) is 0 Å². The summed E-state index contributed by atoms with van der Waals surface area (Å²) in [6, 6.07) is 16.6. The third-order valence-electron chi connectivity index (χ3n) is 5.85. The van der Waals surface area contributed by atoms with E-state index in [0.29, 0.717) is 22.5 Å². The number of carbonyl (C=O) groups is 2. The molecule has 3 aromatic rings. The fourth-order valence-corrected chi connectivity index (χ4v) is 4.52. The molecule has 0 saturated heterocycles. The Morgan fingerprint density at radius 1 is 0.765 bits per heavy atom. The van der Waals surface area contributed by atoms with E-state index in [9.17, 15) is 18.0 Å². The lowest BCUT2D eigenvalue weighted by Crippen LogP contribution is -2.25. The molecule has 3 aromatic carbocycles. The van der Waals surface area contributed by atoms with Gasteiger partial charge in [0.2, 0.25) is 0 Å². The average Bonchev–Trinajstić information content (AvgIpc) is 3.61. The second-order valence-electron chi connectivity index (χ2n) is 8.66. The lowest BCUT2D eigenvalue weighted by atomic mass is 10.1. The van der Waals surface area contributed by atoms with Crippen LogP contribution < -0.4 is 15.4 Å². The molecule has 4 rings (SSSR count). The van der Waals surface area contributed by atoms with E-state index >= 15 is 0 Å². The Bertz CT molecular complexity index is 1360. The summed E-state index contributed by atoms with van der Waals surface area (Å²) in [6.07, 6.45) is 2.00. The Labute approximate surface area is 199 Å². The van der Waals surface area contributed by atoms with Crippen molar-refractivity contribution in [2.45, 2.75) is 44.6 Å². The van der Waals surface area contributed by atoms with Crippen LogP contribution in [0.15, 0.2) is 65.6 Å².